The van der Waals surface area contributed by atoms with Gasteiger partial charge in [0, 0.05) is 43.1 Å². The van der Waals surface area contributed by atoms with Crippen LogP contribution in [-0.2, 0) is 28.2 Å². The largest absolute Gasteiger partial charge is 0.457 e. The predicted octanol–water partition coefficient (Wildman–Crippen LogP) is 26.3. The highest BCUT2D eigenvalue weighted by atomic mass is 16.3. The van der Waals surface area contributed by atoms with Crippen LogP contribution in [-0.4, -0.2) is 19.9 Å². The maximum atomic E-state index is 9.98. The smallest absolute Gasteiger partial charge is 0.287 e. The fourth-order valence-corrected chi connectivity index (χ4v) is 17.8. The first-order chi connectivity index (χ1) is 59.6. The van der Waals surface area contributed by atoms with Crippen molar-refractivity contribution in [3.8, 4) is 57.2 Å². The summed E-state index contributed by atoms with van der Waals surface area (Å²) in [4.78, 5) is 26.0. The number of aromatic nitrogens is 8. The first-order valence-corrected chi connectivity index (χ1v) is 42.1. The number of furan rings is 4. The van der Waals surface area contributed by atoms with Crippen LogP contribution in [0.2, 0.25) is 0 Å². The van der Waals surface area contributed by atoms with E-state index < -0.39 is 0 Å². The molecule has 0 saturated heterocycles. The summed E-state index contributed by atoms with van der Waals surface area (Å²) in [6.45, 7) is 49.2. The van der Waals surface area contributed by atoms with E-state index in [4.69, 9.17) is 50.7 Å². The number of nitriles is 2. The Bertz CT molecular complexity index is 7990. The van der Waals surface area contributed by atoms with Crippen LogP contribution in [0.4, 0.5) is 11.4 Å². The van der Waals surface area contributed by atoms with E-state index in [1.807, 2.05) is 139 Å². The van der Waals surface area contributed by atoms with Crippen LogP contribution < -0.4 is 18.3 Å². The van der Waals surface area contributed by atoms with Crippen LogP contribution in [0, 0.1) is 91.2 Å². The molecule has 0 radical (unpaired) electrons. The lowest BCUT2D eigenvalue weighted by Crippen LogP contribution is -2.32. The summed E-state index contributed by atoms with van der Waals surface area (Å²) in [5, 5.41) is 31.9. The monoisotopic (exact) mass is 1620 g/mol. The lowest BCUT2D eigenvalue weighted by atomic mass is 9.90. The minimum atomic E-state index is 0.435. The van der Waals surface area contributed by atoms with Gasteiger partial charge in [-0.2, -0.15) is 10.5 Å². The van der Waals surface area contributed by atoms with Gasteiger partial charge >= 0.3 is 0 Å². The van der Waals surface area contributed by atoms with Crippen molar-refractivity contribution in [1.29, 1.82) is 10.5 Å². The van der Waals surface area contributed by atoms with Crippen molar-refractivity contribution in [3.63, 3.8) is 0 Å². The third kappa shape index (κ3) is 13.8. The van der Waals surface area contributed by atoms with Crippen molar-refractivity contribution in [2.75, 3.05) is 0 Å². The number of para-hydroxylation sites is 1. The van der Waals surface area contributed by atoms with E-state index in [0.29, 0.717) is 46.2 Å². The maximum absolute atomic E-state index is 9.98. The van der Waals surface area contributed by atoms with Crippen LogP contribution in [0.1, 0.15) is 157 Å². The third-order valence-corrected chi connectivity index (χ3v) is 25.3. The first kappa shape index (κ1) is 81.5. The molecule has 0 unspecified atom stereocenters. The molecule has 0 amide bonds. The molecule has 608 valence electrons. The molecule has 0 spiro atoms. The molecule has 16 nitrogen and oxygen atoms in total. The molecule has 0 aliphatic carbocycles. The summed E-state index contributed by atoms with van der Waals surface area (Å²) in [5.74, 6) is 1.77. The Morgan fingerprint density at radius 2 is 0.677 bits per heavy atom. The molecular formula is C108H96N12O4+4. The van der Waals surface area contributed by atoms with E-state index in [2.05, 4.69) is 235 Å². The van der Waals surface area contributed by atoms with Gasteiger partial charge in [0.05, 0.1) is 102 Å². The molecule has 8 aromatic heterocycles. The predicted molar refractivity (Wildman–Crippen MR) is 499 cm³/mol. The number of hydrogen-bond acceptors (Lipinski definition) is 10. The van der Waals surface area contributed by atoms with Gasteiger partial charge in [0.25, 0.3) is 25.3 Å². The second-order valence-electron chi connectivity index (χ2n) is 34.3. The van der Waals surface area contributed by atoms with Crippen LogP contribution in [0.25, 0.3) is 186 Å². The Kier molecular flexibility index (Phi) is 21.0. The van der Waals surface area contributed by atoms with E-state index in [1.54, 1.807) is 0 Å². The molecule has 16 heteroatoms. The lowest BCUT2D eigenvalue weighted by molar-refractivity contribution is -0.662. The number of rotatable bonds is 8. The molecule has 124 heavy (non-hydrogen) atoms. The van der Waals surface area contributed by atoms with Gasteiger partial charge in [0.15, 0.2) is 33.4 Å². The molecule has 0 aliphatic rings. The zero-order valence-electron chi connectivity index (χ0n) is 73.8. The molecule has 0 bridgehead atoms. The average Bonchev–Trinajstić information content (AvgIpc) is 1.66. The Hall–Kier alpha value is -14.8. The highest BCUT2D eigenvalue weighted by Crippen LogP contribution is 2.48. The standard InChI is InChI=1S/4C27H24N3O/c1-15(2)18-7-9-21-23(12-18)29-14-30(6)26(21)25-17(4)16(3)11-22-20-10-8-19(28-5)13-24(20)31-27(22)25;1-15(2)18-7-9-20-23(12-18)29-14-30(6)26(20)25-17(4)16(3)11-22-21-13-19(28-5)8-10-24(21)31-27(22)25;1-15(2)18-9-10-20-22(12-18)29-14-30(5)26(20)24-17(4)16(3)11-21-25-19(13-28)7-6-8-23(25)31-27(21)24;1-15(2)18-10-11-19-22(12-18)29-14-30(5)26(19)24-17(4)16(3)21(13-28)25-20-8-6-7-9-23(20)31-27(24)25/h2*7-15H,1-4,6H3;2*6-12,14-15H,1-5H3/q4*+1. The molecule has 20 aromatic rings. The van der Waals surface area contributed by atoms with Gasteiger partial charge in [-0.1, -0.05) is 122 Å². The van der Waals surface area contributed by atoms with Crippen molar-refractivity contribution in [1.82, 2.24) is 19.9 Å². The second-order valence-corrected chi connectivity index (χ2v) is 34.3. The molecule has 12 aromatic carbocycles. The molecule has 0 saturated carbocycles. The molecule has 0 fully saturated rings. The van der Waals surface area contributed by atoms with Gasteiger partial charge in [0.2, 0.25) is 0 Å². The molecule has 0 atom stereocenters. The van der Waals surface area contributed by atoms with E-state index in [9.17, 15) is 10.5 Å². The van der Waals surface area contributed by atoms with E-state index in [0.717, 1.165) is 188 Å². The maximum Gasteiger partial charge on any atom is 0.287 e. The number of fused-ring (bicyclic) bond motifs is 16. The van der Waals surface area contributed by atoms with Gasteiger partial charge < -0.3 is 17.7 Å². The molecular weight excluding hydrogens is 1530 g/mol. The summed E-state index contributed by atoms with van der Waals surface area (Å²) in [5.41, 5.74) is 35.6. The second kappa shape index (κ2) is 32.0. The SMILES string of the molecule is Cc1c(C)c(C#N)c2c(oc3ccccc32)c1-c1c2ccc(C(C)C)cc2nc[n+]1C.Cc1cc2c(oc3cccc(C#N)c32)c(-c2c3ccc(C(C)C)cc3nc[n+]2C)c1C.[C-]#[N+]c1ccc2c(c1)oc1c(-c3c4ccc(C(C)C)cc4nc[n+]3C)c(C)c(C)cc12.[C-]#[N+]c1ccc2oc3c(-c4c5ccc(C(C)C)cc5nc[n+]4C)c(C)c(C)cc3c2c1. The quantitative estimate of drug-likeness (QED) is 0.105. The zero-order chi connectivity index (χ0) is 87.4. The summed E-state index contributed by atoms with van der Waals surface area (Å²) in [6, 6.07) is 62.3. The highest BCUT2D eigenvalue weighted by Gasteiger charge is 2.32. The van der Waals surface area contributed by atoms with Gasteiger partial charge in [-0.15, -0.1) is 0 Å². The van der Waals surface area contributed by atoms with E-state index >= 15 is 0 Å². The Morgan fingerprint density at radius 1 is 0.315 bits per heavy atom. The Labute approximate surface area is 720 Å². The number of nitrogens with zero attached hydrogens (tertiary/aromatic N) is 12. The van der Waals surface area contributed by atoms with Crippen molar-refractivity contribution < 1.29 is 35.9 Å². The van der Waals surface area contributed by atoms with Gasteiger partial charge in [-0.3, -0.25) is 0 Å². The molecule has 8 heterocycles. The Morgan fingerprint density at radius 3 is 1.11 bits per heavy atom. The van der Waals surface area contributed by atoms with Crippen LogP contribution in [0.15, 0.2) is 213 Å². The molecule has 0 N–H and O–H groups in total. The first-order valence-electron chi connectivity index (χ1n) is 42.1. The normalized spacial score (nSPS) is 11.6. The highest BCUT2D eigenvalue weighted by molar-refractivity contribution is 6.18. The average molecular weight is 1630 g/mol. The fourth-order valence-electron chi connectivity index (χ4n) is 17.8. The summed E-state index contributed by atoms with van der Waals surface area (Å²) in [6.07, 6.45) is 7.51. The number of hydrogen-bond donors (Lipinski definition) is 0. The molecule has 0 aliphatic heterocycles. The number of aryl methyl sites for hydroxylation is 7. The van der Waals surface area contributed by atoms with Crippen LogP contribution >= 0.6 is 0 Å². The lowest BCUT2D eigenvalue weighted by Gasteiger charge is -2.14. The van der Waals surface area contributed by atoms with Crippen molar-refractivity contribution in [3.05, 3.63) is 296 Å². The number of benzene rings is 12. The van der Waals surface area contributed by atoms with Crippen LogP contribution in [0.5, 0.6) is 0 Å². The topological polar surface area (TPSA) is 176 Å². The third-order valence-electron chi connectivity index (χ3n) is 25.3. The fraction of sp³-hybridized carbons (Fsp3) is 0.222. The summed E-state index contributed by atoms with van der Waals surface area (Å²) < 4.78 is 33.9. The Balaban J connectivity index is 0.000000117. The van der Waals surface area contributed by atoms with E-state index in [1.165, 1.54) is 55.6 Å². The summed E-state index contributed by atoms with van der Waals surface area (Å²) >= 11 is 0. The van der Waals surface area contributed by atoms with Gasteiger partial charge in [-0.05, 0) is 269 Å². The van der Waals surface area contributed by atoms with Crippen molar-refractivity contribution >= 4 is 143 Å². The minimum Gasteiger partial charge on any atom is -0.457 e. The molecule has 20 rings (SSSR count). The van der Waals surface area contributed by atoms with Gasteiger partial charge in [0.1, 0.15) is 73.5 Å². The van der Waals surface area contributed by atoms with Crippen molar-refractivity contribution in [2.45, 2.75) is 134 Å². The van der Waals surface area contributed by atoms with Crippen molar-refractivity contribution in [2.24, 2.45) is 28.2 Å². The van der Waals surface area contributed by atoms with Gasteiger partial charge in [-0.25, -0.2) is 28.0 Å². The summed E-state index contributed by atoms with van der Waals surface area (Å²) in [7, 11) is 8.10. The zero-order valence-corrected chi connectivity index (χ0v) is 73.8. The van der Waals surface area contributed by atoms with E-state index in [-0.39, 0.29) is 0 Å². The van der Waals surface area contributed by atoms with Crippen LogP contribution in [0.3, 0.4) is 0 Å². The minimum absolute atomic E-state index is 0.435.